The smallest absolute Gasteiger partial charge is 0.129 e. The van der Waals surface area contributed by atoms with Gasteiger partial charge in [0.2, 0.25) is 0 Å². The van der Waals surface area contributed by atoms with E-state index in [1.54, 1.807) is 6.07 Å². The van der Waals surface area contributed by atoms with Gasteiger partial charge in [-0.25, -0.2) is 4.98 Å². The number of halogens is 1. The molecule has 3 heterocycles. The second-order valence-electron chi connectivity index (χ2n) is 5.85. The third kappa shape index (κ3) is 2.33. The number of hydrogen-bond donors (Lipinski definition) is 2. The predicted octanol–water partition coefficient (Wildman–Crippen LogP) is 2.22. The molecule has 3 rings (SSSR count). The summed E-state index contributed by atoms with van der Waals surface area (Å²) >= 11 is 5.96. The number of nitrogen functional groups attached to an aromatic ring is 1. The Bertz CT molecular complexity index is 468. The van der Waals surface area contributed by atoms with Crippen LogP contribution in [-0.4, -0.2) is 34.1 Å². The minimum Gasteiger partial charge on any atom is -0.388 e. The zero-order chi connectivity index (χ0) is 13.6. The van der Waals surface area contributed by atoms with Crippen LogP contribution in [0.3, 0.4) is 0 Å². The van der Waals surface area contributed by atoms with Crippen molar-refractivity contribution in [2.75, 3.05) is 12.8 Å². The minimum atomic E-state index is -0.553. The fraction of sp³-hybridized carbons (Fsp3) is 0.643. The van der Waals surface area contributed by atoms with E-state index in [0.717, 1.165) is 12.8 Å². The van der Waals surface area contributed by atoms with Gasteiger partial charge in [0.05, 0.1) is 11.1 Å². The number of piperidine rings is 1. The summed E-state index contributed by atoms with van der Waals surface area (Å²) in [6.45, 7) is 0. The summed E-state index contributed by atoms with van der Waals surface area (Å²) in [5.74, 6) is 0.652. The Morgan fingerprint density at radius 2 is 2.05 bits per heavy atom. The van der Waals surface area contributed by atoms with Crippen LogP contribution in [0.2, 0.25) is 5.02 Å². The molecule has 0 saturated carbocycles. The van der Waals surface area contributed by atoms with E-state index in [0.29, 0.717) is 28.5 Å². The number of nitrogens with two attached hydrogens (primary N) is 1. The number of fused-ring (bicyclic) bond motifs is 2. The number of rotatable bonds is 2. The van der Waals surface area contributed by atoms with E-state index in [1.165, 1.54) is 19.0 Å². The molecule has 0 aromatic carbocycles. The maximum Gasteiger partial charge on any atom is 0.129 e. The van der Waals surface area contributed by atoms with Crippen molar-refractivity contribution in [1.29, 1.82) is 0 Å². The van der Waals surface area contributed by atoms with Crippen LogP contribution in [0.1, 0.15) is 37.4 Å². The SMILES string of the molecule is CN1C2CCC1CC(C(O)c1cc(Cl)cnc1N)C2. The van der Waals surface area contributed by atoms with Crippen molar-refractivity contribution in [2.45, 2.75) is 43.9 Å². The van der Waals surface area contributed by atoms with Gasteiger partial charge in [0.15, 0.2) is 0 Å². The number of pyridine rings is 1. The molecule has 4 nitrogen and oxygen atoms in total. The van der Waals surface area contributed by atoms with Crippen molar-refractivity contribution < 1.29 is 5.11 Å². The zero-order valence-corrected chi connectivity index (χ0v) is 11.8. The van der Waals surface area contributed by atoms with E-state index in [2.05, 4.69) is 16.9 Å². The van der Waals surface area contributed by atoms with Crippen LogP contribution in [0.5, 0.6) is 0 Å². The van der Waals surface area contributed by atoms with E-state index >= 15 is 0 Å². The van der Waals surface area contributed by atoms with E-state index in [-0.39, 0.29) is 5.92 Å². The number of aliphatic hydroxyl groups excluding tert-OH is 1. The van der Waals surface area contributed by atoms with Crippen molar-refractivity contribution in [2.24, 2.45) is 5.92 Å². The number of hydrogen-bond acceptors (Lipinski definition) is 4. The summed E-state index contributed by atoms with van der Waals surface area (Å²) < 4.78 is 0. The summed E-state index contributed by atoms with van der Waals surface area (Å²) in [5, 5.41) is 11.1. The molecule has 1 aromatic heterocycles. The van der Waals surface area contributed by atoms with Gasteiger partial charge in [0, 0.05) is 23.8 Å². The van der Waals surface area contributed by atoms with E-state index in [1.807, 2.05) is 0 Å². The number of aliphatic hydroxyl groups is 1. The fourth-order valence-corrected chi connectivity index (χ4v) is 3.83. The first-order valence-corrected chi connectivity index (χ1v) is 7.25. The van der Waals surface area contributed by atoms with Crippen molar-refractivity contribution >= 4 is 17.4 Å². The van der Waals surface area contributed by atoms with E-state index in [9.17, 15) is 5.11 Å². The second-order valence-corrected chi connectivity index (χ2v) is 6.29. The lowest BCUT2D eigenvalue weighted by Crippen LogP contribution is -2.41. The van der Waals surface area contributed by atoms with Gasteiger partial charge in [-0.1, -0.05) is 11.6 Å². The molecular formula is C14H20ClN3O. The molecule has 5 heteroatoms. The first-order valence-electron chi connectivity index (χ1n) is 6.87. The molecule has 2 aliphatic rings. The maximum absolute atomic E-state index is 10.6. The lowest BCUT2D eigenvalue weighted by molar-refractivity contribution is 0.0359. The number of nitrogens with zero attached hydrogens (tertiary/aromatic N) is 2. The van der Waals surface area contributed by atoms with Gasteiger partial charge in [-0.05, 0) is 44.7 Å². The molecule has 2 saturated heterocycles. The highest BCUT2D eigenvalue weighted by atomic mass is 35.5. The summed E-state index contributed by atoms with van der Waals surface area (Å²) in [6.07, 6.45) is 5.51. The molecule has 0 aliphatic carbocycles. The number of anilines is 1. The highest BCUT2D eigenvalue weighted by molar-refractivity contribution is 6.30. The zero-order valence-electron chi connectivity index (χ0n) is 11.1. The Morgan fingerprint density at radius 1 is 1.42 bits per heavy atom. The Hall–Kier alpha value is -0.840. The Morgan fingerprint density at radius 3 is 2.68 bits per heavy atom. The third-order valence-corrected chi connectivity index (χ3v) is 5.02. The molecule has 0 amide bonds. The maximum atomic E-state index is 10.6. The third-order valence-electron chi connectivity index (χ3n) is 4.82. The summed E-state index contributed by atoms with van der Waals surface area (Å²) in [4.78, 5) is 6.50. The standard InChI is InChI=1S/C14H20ClN3O/c1-18-10-2-3-11(18)5-8(4-10)13(19)12-6-9(15)7-17-14(12)16/h6-8,10-11,13,19H,2-5H2,1H3,(H2,16,17). The Labute approximate surface area is 118 Å². The van der Waals surface area contributed by atoms with Crippen LogP contribution in [0.25, 0.3) is 0 Å². The van der Waals surface area contributed by atoms with Gasteiger partial charge in [-0.15, -0.1) is 0 Å². The molecule has 2 bridgehead atoms. The van der Waals surface area contributed by atoms with Gasteiger partial charge in [0.1, 0.15) is 5.82 Å². The predicted molar refractivity (Wildman–Crippen MR) is 75.9 cm³/mol. The Kier molecular flexibility index (Phi) is 3.41. The average molecular weight is 282 g/mol. The lowest BCUT2D eigenvalue weighted by Gasteiger charge is -2.38. The first-order chi connectivity index (χ1) is 9.06. The van der Waals surface area contributed by atoms with Crippen LogP contribution in [0.4, 0.5) is 5.82 Å². The van der Waals surface area contributed by atoms with Crippen molar-refractivity contribution in [3.05, 3.63) is 22.8 Å². The summed E-state index contributed by atoms with van der Waals surface area (Å²) in [6, 6.07) is 2.95. The molecule has 3 N–H and O–H groups in total. The van der Waals surface area contributed by atoms with Crippen molar-refractivity contribution in [3.63, 3.8) is 0 Å². The average Bonchev–Trinajstić information content (AvgIpc) is 2.64. The highest BCUT2D eigenvalue weighted by Crippen LogP contribution is 2.43. The van der Waals surface area contributed by atoms with Crippen molar-refractivity contribution in [3.8, 4) is 0 Å². The first kappa shape index (κ1) is 13.2. The van der Waals surface area contributed by atoms with Crippen LogP contribution < -0.4 is 5.73 Å². The fourth-order valence-electron chi connectivity index (χ4n) is 3.67. The molecule has 19 heavy (non-hydrogen) atoms. The van der Waals surface area contributed by atoms with Gasteiger partial charge < -0.3 is 15.7 Å². The Balaban J connectivity index is 1.81. The van der Waals surface area contributed by atoms with Crippen molar-refractivity contribution in [1.82, 2.24) is 9.88 Å². The highest BCUT2D eigenvalue weighted by Gasteiger charge is 2.41. The van der Waals surface area contributed by atoms with Gasteiger partial charge >= 0.3 is 0 Å². The minimum absolute atomic E-state index is 0.260. The van der Waals surface area contributed by atoms with Crippen LogP contribution in [0, 0.1) is 5.92 Å². The second kappa shape index (κ2) is 4.93. The van der Waals surface area contributed by atoms with Gasteiger partial charge in [-0.3, -0.25) is 0 Å². The molecule has 0 radical (unpaired) electrons. The molecular weight excluding hydrogens is 262 g/mol. The molecule has 2 fully saturated rings. The van der Waals surface area contributed by atoms with Gasteiger partial charge in [0.25, 0.3) is 0 Å². The van der Waals surface area contributed by atoms with E-state index in [4.69, 9.17) is 17.3 Å². The normalized spacial score (nSPS) is 32.5. The van der Waals surface area contributed by atoms with E-state index < -0.39 is 6.10 Å². The molecule has 2 aliphatic heterocycles. The quantitative estimate of drug-likeness (QED) is 0.873. The summed E-state index contributed by atoms with van der Waals surface area (Å²) in [5.41, 5.74) is 6.55. The monoisotopic (exact) mass is 281 g/mol. The molecule has 0 spiro atoms. The largest absolute Gasteiger partial charge is 0.388 e. The lowest BCUT2D eigenvalue weighted by atomic mass is 9.84. The molecule has 3 atom stereocenters. The molecule has 104 valence electrons. The van der Waals surface area contributed by atoms with Crippen LogP contribution in [0.15, 0.2) is 12.3 Å². The molecule has 3 unspecified atom stereocenters. The van der Waals surface area contributed by atoms with Crippen LogP contribution in [-0.2, 0) is 0 Å². The molecule has 1 aromatic rings. The topological polar surface area (TPSA) is 62.4 Å². The van der Waals surface area contributed by atoms with Gasteiger partial charge in [-0.2, -0.15) is 0 Å². The van der Waals surface area contributed by atoms with Crippen LogP contribution >= 0.6 is 11.6 Å². The number of aromatic nitrogens is 1. The summed E-state index contributed by atoms with van der Waals surface area (Å²) in [7, 11) is 2.19.